The normalized spacial score (nSPS) is 26.1. The number of hydrogen-bond donors (Lipinski definition) is 8. The summed E-state index contributed by atoms with van der Waals surface area (Å²) < 4.78 is 58.6. The molecule has 2 saturated heterocycles. The second-order valence-corrected chi connectivity index (χ2v) is 32.5. The lowest BCUT2D eigenvalue weighted by Crippen LogP contribution is -2.43. The van der Waals surface area contributed by atoms with Gasteiger partial charge in [-0.1, -0.05) is 143 Å². The maximum absolute atomic E-state index is 12.2. The van der Waals surface area contributed by atoms with Crippen molar-refractivity contribution in [3.8, 4) is 0 Å². The third-order valence-electron chi connectivity index (χ3n) is 23.7. The largest absolute Gasteiger partial charge is 0.447 e. The molecule has 0 bridgehead atoms. The predicted octanol–water partition coefficient (Wildman–Crippen LogP) is 12.0. The number of allylic oxidation sites excluding steroid dienone is 8. The van der Waals surface area contributed by atoms with Crippen molar-refractivity contribution in [3.63, 3.8) is 0 Å². The lowest BCUT2D eigenvalue weighted by molar-refractivity contribution is -0.674. The summed E-state index contributed by atoms with van der Waals surface area (Å²) in [6.07, 6.45) is 19.7. The zero-order valence-electron chi connectivity index (χ0n) is 70.0. The minimum absolute atomic E-state index is 0. The van der Waals surface area contributed by atoms with E-state index in [1.807, 2.05) is 4.57 Å². The molecule has 118 heavy (non-hydrogen) atoms. The second-order valence-electron chi connectivity index (χ2n) is 32.2. The molecule has 2 saturated carbocycles. The molecule has 10 rings (SSSR count). The van der Waals surface area contributed by atoms with Crippen LogP contribution >= 0.6 is 11.6 Å². The summed E-state index contributed by atoms with van der Waals surface area (Å²) in [5, 5.41) is 57.1. The van der Waals surface area contributed by atoms with E-state index < -0.39 is 61.3 Å². The Morgan fingerprint density at radius 1 is 0.619 bits per heavy atom. The van der Waals surface area contributed by atoms with E-state index in [0.29, 0.717) is 135 Å². The van der Waals surface area contributed by atoms with E-state index in [2.05, 4.69) is 159 Å². The Balaban J connectivity index is 0.000000296. The predicted molar refractivity (Wildman–Crippen MR) is 446 cm³/mol. The number of nitrogens with two attached hydrogens (primary N) is 2. The molecular formula is C80H131ClN21O16+. The Morgan fingerprint density at radius 2 is 1.03 bits per heavy atom. The third-order valence-corrected chi connectivity index (χ3v) is 23.9. The van der Waals surface area contributed by atoms with Gasteiger partial charge in [-0.3, -0.25) is 9.13 Å². The van der Waals surface area contributed by atoms with Crippen molar-refractivity contribution in [1.82, 2.24) is 44.7 Å². The number of nitrogens with one attached hydrogen (secondary N) is 2. The van der Waals surface area contributed by atoms with Crippen molar-refractivity contribution in [2.45, 2.75) is 209 Å². The monoisotopic (exact) mass is 1680 g/mol. The summed E-state index contributed by atoms with van der Waals surface area (Å²) in [7, 11) is 1.39. The van der Waals surface area contributed by atoms with Crippen LogP contribution in [0.4, 0.5) is 21.2 Å². The van der Waals surface area contributed by atoms with Crippen molar-refractivity contribution in [2.75, 3.05) is 143 Å². The number of alkyl carbamates (subject to hydrolysis) is 2. The van der Waals surface area contributed by atoms with E-state index in [1.54, 1.807) is 17.5 Å². The topological polar surface area (TPSA) is 508 Å². The first-order valence-electron chi connectivity index (χ1n) is 40.6. The molecule has 4 aromatic rings. The number of nitrogens with zero attached hydrogens (tertiary/aromatic N) is 17. The molecule has 6 aliphatic rings. The maximum Gasteiger partial charge on any atom is 0.407 e. The Bertz CT molecular complexity index is 4050. The van der Waals surface area contributed by atoms with Gasteiger partial charge in [0.05, 0.1) is 92.2 Å². The van der Waals surface area contributed by atoms with Crippen molar-refractivity contribution in [1.29, 1.82) is 0 Å². The number of alkyl halides is 1. The van der Waals surface area contributed by atoms with E-state index in [-0.39, 0.29) is 71.3 Å². The summed E-state index contributed by atoms with van der Waals surface area (Å²) in [5.74, 6) is 4.14. The molecule has 0 radical (unpaired) electrons. The number of aliphatic hydroxyl groups excluding tert-OH is 4. The minimum Gasteiger partial charge on any atom is -0.447 e. The van der Waals surface area contributed by atoms with Gasteiger partial charge in [0.1, 0.15) is 68.0 Å². The van der Waals surface area contributed by atoms with Gasteiger partial charge in [-0.2, -0.15) is 0 Å². The van der Waals surface area contributed by atoms with Crippen LogP contribution in [0.1, 0.15) is 166 Å². The van der Waals surface area contributed by atoms with Crippen LogP contribution in [0.15, 0.2) is 87.2 Å². The van der Waals surface area contributed by atoms with Crippen LogP contribution in [-0.2, 0) is 53.9 Å². The maximum atomic E-state index is 12.2. The third kappa shape index (κ3) is 28.0. The number of hydrogen-bond acceptors (Lipinski definition) is 26. The highest BCUT2D eigenvalue weighted by Gasteiger charge is 2.51. The minimum atomic E-state index is -1.33. The molecule has 0 aromatic carbocycles. The van der Waals surface area contributed by atoms with E-state index >= 15 is 0 Å². The number of amides is 2. The van der Waals surface area contributed by atoms with Crippen molar-refractivity contribution in [3.05, 3.63) is 103 Å². The molecule has 38 heteroatoms. The molecule has 658 valence electrons. The summed E-state index contributed by atoms with van der Waals surface area (Å²) in [6, 6.07) is 0. The summed E-state index contributed by atoms with van der Waals surface area (Å²) in [5.41, 5.74) is 45.2. The van der Waals surface area contributed by atoms with Crippen molar-refractivity contribution < 1.29 is 82.0 Å². The van der Waals surface area contributed by atoms with E-state index in [4.69, 9.17) is 87.0 Å². The number of azide groups is 3. The van der Waals surface area contributed by atoms with Crippen LogP contribution in [0.25, 0.3) is 53.7 Å². The molecule has 4 fully saturated rings. The number of halogens is 1. The molecule has 10 N–H and O–H groups in total. The van der Waals surface area contributed by atoms with Gasteiger partial charge < -0.3 is 89.9 Å². The first kappa shape index (κ1) is 98.8. The summed E-state index contributed by atoms with van der Waals surface area (Å²) in [4.78, 5) is 52.9. The zero-order chi connectivity index (χ0) is 85.1. The number of fused-ring (bicyclic) bond motifs is 4. The number of anilines is 2. The van der Waals surface area contributed by atoms with Crippen LogP contribution in [-0.4, -0.2) is 235 Å². The van der Waals surface area contributed by atoms with Gasteiger partial charge in [0.2, 0.25) is 12.0 Å². The SMILES string of the molecule is C.C/C(=C\CCl)CC[C@@]1(C)[C@@H]2CCCC(C)(C)C2=CC[C@@H]1C.C/C(=C\C[n+]1cnc2c(ncn2[C@@H]2O[C@H](COC(=O)NCCOCCOCCOCCN=[N+]=[N-])[C@@H](O)[C@H]2O)c1N)CC[C@@]1(C)[C@@H]2CCCC(C)(C)C2=CC[C@@H]1C.CN=[N+]=[N-].[N-]=[N+]=NCCOCCOCCOCCNC(=O)OC[C@H]1O[C@@H](n2cnc3c(N)ncnc32)[C@H](O)[C@@H]1O. The lowest BCUT2D eigenvalue weighted by Gasteiger charge is -2.53. The molecule has 4 aromatic heterocycles. The van der Waals surface area contributed by atoms with Gasteiger partial charge in [0.15, 0.2) is 29.4 Å². The number of aliphatic hydroxyl groups is 4. The zero-order valence-corrected chi connectivity index (χ0v) is 70.8. The Kier molecular flexibility index (Phi) is 41.5. The second kappa shape index (κ2) is 49.6. The van der Waals surface area contributed by atoms with E-state index in [0.717, 1.165) is 31.1 Å². The van der Waals surface area contributed by atoms with E-state index in [9.17, 15) is 30.0 Å². The highest BCUT2D eigenvalue weighted by molar-refractivity contribution is 6.18. The molecule has 6 heterocycles. The molecule has 2 aliphatic heterocycles. The fourth-order valence-corrected chi connectivity index (χ4v) is 16.5. The average Bonchev–Trinajstić information content (AvgIpc) is 1.25. The molecule has 0 spiro atoms. The Hall–Kier alpha value is -8.06. The van der Waals surface area contributed by atoms with Crippen molar-refractivity contribution in [2.24, 2.45) is 60.7 Å². The summed E-state index contributed by atoms with van der Waals surface area (Å²) >= 11 is 5.84. The highest BCUT2D eigenvalue weighted by atomic mass is 35.5. The first-order chi connectivity index (χ1) is 56.1. The van der Waals surface area contributed by atoms with Crippen LogP contribution in [0.5, 0.6) is 0 Å². The van der Waals surface area contributed by atoms with Gasteiger partial charge >= 0.3 is 12.2 Å². The highest BCUT2D eigenvalue weighted by Crippen LogP contribution is 2.60. The van der Waals surface area contributed by atoms with Crippen LogP contribution in [0.2, 0.25) is 0 Å². The Labute approximate surface area is 697 Å². The molecular weight excluding hydrogens is 1550 g/mol. The van der Waals surface area contributed by atoms with Crippen molar-refractivity contribution >= 4 is 57.8 Å². The standard InChI is InChI=1S/C39H61N9O8.C20H33Cl.C19H29N9O8.CH3N3.CH4/c1-26(10-13-39(5)27(2)8-9-28-29(39)7-6-12-38(28,3)4)11-16-47-24-44-35-31(34(47)40)43-25-48(35)36-33(50)32(49)30(56-36)23-55-37(51)42-14-17-52-19-21-54-22-20-53-18-15-45-46-41;1-15(11-14-21)10-13-20(5)16(2)8-9-17-18(20)7-6-12-19(17,3)4;20-16-13-17(24-10-23-16)28(11-25-13)18-15(30)14(29)12(36-18)9-35-19(31)22-1-3-32-5-7-34-8-6-33-4-2-26-27-21;1-3-4-2;/h9,11,24-25,27,29-30,32-33,36,40,49-50H,6-8,10,12-23H2,1-5H3,(H,42,51);9,11,16,18H,6-8,10,12-14H2,1-5H3;10-12,14-15,18,29-30H,1-9H2,(H,22,31)(H2,20,23,24);1H3;1H4/p+1/b26-11+;15-11+;;;/t27-,29+,30+,32+,33+,36+,39+;16-,18+,20+;12-,14-,15-,18-;;/m001../s1. The van der Waals surface area contributed by atoms with Gasteiger partial charge in [-0.05, 0) is 140 Å². The fourth-order valence-electron chi connectivity index (χ4n) is 16.3. The number of nitrogen functional groups attached to an aromatic ring is 2. The number of carbonyl (C=O) groups is 2. The number of imidazole rings is 2. The Morgan fingerprint density at radius 3 is 1.47 bits per heavy atom. The van der Waals surface area contributed by atoms with Gasteiger partial charge in [-0.15, -0.1) is 11.6 Å². The van der Waals surface area contributed by atoms with Crippen LogP contribution in [0.3, 0.4) is 0 Å². The number of carbonyl (C=O) groups excluding carboxylic acids is 2. The molecule has 2 amide bonds. The number of aromatic nitrogens is 8. The number of rotatable bonds is 39. The average molecular weight is 1680 g/mol. The van der Waals surface area contributed by atoms with Gasteiger partial charge in [0.25, 0.3) is 5.82 Å². The quantitative estimate of drug-likeness (QED) is 0.00391. The molecule has 0 unspecified atom stereocenters. The van der Waals surface area contributed by atoms with Gasteiger partial charge in [-0.25, -0.2) is 34.1 Å². The number of ether oxygens (including phenoxy) is 10. The molecule has 14 atom stereocenters. The smallest absolute Gasteiger partial charge is 0.407 e. The molecule has 4 aliphatic carbocycles. The fraction of sp³-hybridized carbons (Fsp3) is 0.750. The van der Waals surface area contributed by atoms with E-state index in [1.165, 1.54) is 104 Å². The summed E-state index contributed by atoms with van der Waals surface area (Å²) in [6.45, 7) is 29.1. The molecule has 37 nitrogen and oxygen atoms in total. The lowest BCUT2D eigenvalue weighted by atomic mass is 9.52. The van der Waals surface area contributed by atoms with Crippen LogP contribution < -0.4 is 26.7 Å². The van der Waals surface area contributed by atoms with Gasteiger partial charge in [0, 0.05) is 53.8 Å². The first-order valence-corrected chi connectivity index (χ1v) is 41.1. The van der Waals surface area contributed by atoms with Crippen LogP contribution in [0, 0.1) is 45.3 Å².